The van der Waals surface area contributed by atoms with Crippen LogP contribution in [0.4, 0.5) is 0 Å². The van der Waals surface area contributed by atoms with Crippen LogP contribution < -0.4 is 10.5 Å². The molecule has 0 spiro atoms. The van der Waals surface area contributed by atoms with Gasteiger partial charge >= 0.3 is 0 Å². The maximum absolute atomic E-state index is 10.7. The van der Waals surface area contributed by atoms with Gasteiger partial charge in [-0.1, -0.05) is 13.0 Å². The Hall–Kier alpha value is -2.37. The molecule has 0 aromatic carbocycles. The summed E-state index contributed by atoms with van der Waals surface area (Å²) in [5.74, 6) is 0.102. The van der Waals surface area contributed by atoms with Crippen molar-refractivity contribution in [3.05, 3.63) is 30.2 Å². The first-order valence-corrected chi connectivity index (χ1v) is 6.55. The summed E-state index contributed by atoms with van der Waals surface area (Å²) in [5, 5.41) is 0.849. The quantitative estimate of drug-likeness (QED) is 0.784. The molecule has 0 fully saturated rings. The van der Waals surface area contributed by atoms with Gasteiger partial charge in [-0.25, -0.2) is 9.97 Å². The van der Waals surface area contributed by atoms with Gasteiger partial charge in [0.15, 0.2) is 0 Å². The number of primary amides is 1. The molecule has 0 radical (unpaired) electrons. The number of ether oxygens (including phenoxy) is 1. The molecular weight excluding hydrogens is 256 g/mol. The second-order valence-electron chi connectivity index (χ2n) is 4.56. The first kappa shape index (κ1) is 14.0. The van der Waals surface area contributed by atoms with Crippen molar-refractivity contribution in [1.29, 1.82) is 0 Å². The molecule has 2 rings (SSSR count). The summed E-state index contributed by atoms with van der Waals surface area (Å²) in [5.41, 5.74) is 6.77. The van der Waals surface area contributed by atoms with Crippen LogP contribution in [-0.2, 0) is 11.2 Å². The van der Waals surface area contributed by atoms with Crippen molar-refractivity contribution in [2.24, 2.45) is 5.73 Å². The number of amides is 1. The highest BCUT2D eigenvalue weighted by Gasteiger charge is 2.13. The van der Waals surface area contributed by atoms with Crippen LogP contribution in [0.5, 0.6) is 5.88 Å². The third kappa shape index (κ3) is 3.14. The monoisotopic (exact) mass is 274 g/mol. The van der Waals surface area contributed by atoms with Crippen molar-refractivity contribution in [2.75, 3.05) is 0 Å². The van der Waals surface area contributed by atoms with Crippen LogP contribution in [0.2, 0.25) is 0 Å². The van der Waals surface area contributed by atoms with Crippen LogP contribution in [-0.4, -0.2) is 27.0 Å². The number of rotatable bonds is 6. The molecule has 20 heavy (non-hydrogen) atoms. The molecule has 3 N–H and O–H groups in total. The lowest BCUT2D eigenvalue weighted by atomic mass is 10.1. The molecule has 1 unspecified atom stereocenters. The van der Waals surface area contributed by atoms with E-state index in [1.807, 2.05) is 13.1 Å². The lowest BCUT2D eigenvalue weighted by Crippen LogP contribution is -2.11. The number of hydrogen-bond donors (Lipinski definition) is 2. The van der Waals surface area contributed by atoms with Crippen LogP contribution in [0.15, 0.2) is 24.7 Å². The van der Waals surface area contributed by atoms with E-state index in [1.54, 1.807) is 6.08 Å². The maximum atomic E-state index is 10.7. The van der Waals surface area contributed by atoms with E-state index >= 15 is 0 Å². The van der Waals surface area contributed by atoms with Gasteiger partial charge in [0, 0.05) is 6.20 Å². The fourth-order valence-corrected chi connectivity index (χ4v) is 1.82. The lowest BCUT2D eigenvalue weighted by molar-refractivity contribution is -0.113. The molecule has 0 aliphatic carbocycles. The number of hydrogen-bond acceptors (Lipinski definition) is 4. The summed E-state index contributed by atoms with van der Waals surface area (Å²) in [6.45, 7) is 4.05. The number of carbonyl (C=O) groups excluding carboxylic acids is 1. The predicted molar refractivity (Wildman–Crippen MR) is 76.3 cm³/mol. The zero-order chi connectivity index (χ0) is 14.5. The predicted octanol–water partition coefficient (Wildman–Crippen LogP) is 1.72. The van der Waals surface area contributed by atoms with E-state index in [1.165, 1.54) is 12.4 Å². The fourth-order valence-electron chi connectivity index (χ4n) is 1.82. The van der Waals surface area contributed by atoms with Crippen LogP contribution in [0.3, 0.4) is 0 Å². The summed E-state index contributed by atoms with van der Waals surface area (Å²) >= 11 is 0. The first-order valence-electron chi connectivity index (χ1n) is 6.55. The van der Waals surface area contributed by atoms with Gasteiger partial charge in [0.2, 0.25) is 11.8 Å². The molecule has 0 saturated heterocycles. The Kier molecular flexibility index (Phi) is 4.34. The fraction of sp³-hybridized carbons (Fsp3) is 0.357. The Bertz CT molecular complexity index is 633. The van der Waals surface area contributed by atoms with Gasteiger partial charge < -0.3 is 15.5 Å². The topological polar surface area (TPSA) is 93.9 Å². The maximum Gasteiger partial charge on any atom is 0.241 e. The number of nitrogens with two attached hydrogens (primary N) is 1. The van der Waals surface area contributed by atoms with Crippen molar-refractivity contribution in [3.8, 4) is 5.88 Å². The molecule has 0 aliphatic heterocycles. The van der Waals surface area contributed by atoms with Crippen LogP contribution >= 0.6 is 0 Å². The number of nitrogens with zero attached hydrogens (tertiary/aromatic N) is 2. The molecule has 1 atom stereocenters. The van der Waals surface area contributed by atoms with Gasteiger partial charge in [-0.05, 0) is 31.4 Å². The minimum absolute atomic E-state index is 0.0806. The Morgan fingerprint density at radius 1 is 1.55 bits per heavy atom. The van der Waals surface area contributed by atoms with Crippen LogP contribution in [0.1, 0.15) is 25.8 Å². The Balaban J connectivity index is 2.33. The third-order valence-corrected chi connectivity index (χ3v) is 3.02. The lowest BCUT2D eigenvalue weighted by Gasteiger charge is -2.12. The normalized spacial score (nSPS) is 12.9. The minimum Gasteiger partial charge on any atom is -0.474 e. The van der Waals surface area contributed by atoms with E-state index in [0.29, 0.717) is 12.3 Å². The van der Waals surface area contributed by atoms with Gasteiger partial charge in [0.05, 0.1) is 11.5 Å². The molecular formula is C14H18N4O2. The van der Waals surface area contributed by atoms with Gasteiger partial charge in [-0.2, -0.15) is 0 Å². The summed E-state index contributed by atoms with van der Waals surface area (Å²) in [4.78, 5) is 22.2. The van der Waals surface area contributed by atoms with E-state index in [0.717, 1.165) is 23.0 Å². The molecule has 2 aromatic heterocycles. The number of H-pyrrole nitrogens is 1. The summed E-state index contributed by atoms with van der Waals surface area (Å²) in [6.07, 6.45) is 7.91. The molecule has 0 bridgehead atoms. The molecule has 6 heteroatoms. The Morgan fingerprint density at radius 2 is 2.35 bits per heavy atom. The second kappa shape index (κ2) is 6.18. The highest BCUT2D eigenvalue weighted by atomic mass is 16.5. The summed E-state index contributed by atoms with van der Waals surface area (Å²) in [6, 6.07) is 0. The Labute approximate surface area is 117 Å². The SMILES string of the molecule is CCC(C)Oc1ncnc2[nH]cc(C/C=C/C(N)=O)c12. The van der Waals surface area contributed by atoms with Gasteiger partial charge in [-0.15, -0.1) is 0 Å². The van der Waals surface area contributed by atoms with E-state index in [2.05, 4.69) is 21.9 Å². The standard InChI is InChI=1S/C14H18N4O2/c1-3-9(2)20-14-12-10(5-4-6-11(15)19)7-16-13(12)17-8-18-14/h4,6-9H,3,5H2,1-2H3,(H2,15,19)(H,16,17,18)/b6-4+. The number of fused-ring (bicyclic) bond motifs is 1. The van der Waals surface area contributed by atoms with Gasteiger partial charge in [0.25, 0.3) is 0 Å². The zero-order valence-corrected chi connectivity index (χ0v) is 11.6. The zero-order valence-electron chi connectivity index (χ0n) is 11.6. The van der Waals surface area contributed by atoms with Crippen LogP contribution in [0.25, 0.3) is 11.0 Å². The molecule has 0 aliphatic rings. The van der Waals surface area contributed by atoms with E-state index < -0.39 is 5.91 Å². The summed E-state index contributed by atoms with van der Waals surface area (Å²) < 4.78 is 5.82. The smallest absolute Gasteiger partial charge is 0.241 e. The van der Waals surface area contributed by atoms with Crippen molar-refractivity contribution >= 4 is 16.9 Å². The first-order chi connectivity index (χ1) is 9.61. The van der Waals surface area contributed by atoms with E-state index in [-0.39, 0.29) is 6.10 Å². The van der Waals surface area contributed by atoms with E-state index in [4.69, 9.17) is 10.5 Å². The highest BCUT2D eigenvalue weighted by Crippen LogP contribution is 2.26. The molecule has 6 nitrogen and oxygen atoms in total. The molecule has 0 saturated carbocycles. The Morgan fingerprint density at radius 3 is 3.05 bits per heavy atom. The summed E-state index contributed by atoms with van der Waals surface area (Å²) in [7, 11) is 0. The average molecular weight is 274 g/mol. The number of aromatic nitrogens is 3. The molecule has 2 aromatic rings. The average Bonchev–Trinajstić information content (AvgIpc) is 2.83. The minimum atomic E-state index is -0.461. The molecule has 1 amide bonds. The number of nitrogens with one attached hydrogen (secondary N) is 1. The number of aromatic amines is 1. The number of carbonyl (C=O) groups is 1. The van der Waals surface area contributed by atoms with Crippen molar-refractivity contribution in [1.82, 2.24) is 15.0 Å². The second-order valence-corrected chi connectivity index (χ2v) is 4.56. The van der Waals surface area contributed by atoms with Crippen molar-refractivity contribution in [3.63, 3.8) is 0 Å². The van der Waals surface area contributed by atoms with Gasteiger partial charge in [0.1, 0.15) is 12.0 Å². The largest absolute Gasteiger partial charge is 0.474 e. The van der Waals surface area contributed by atoms with Crippen LogP contribution in [0, 0.1) is 0 Å². The highest BCUT2D eigenvalue weighted by molar-refractivity contribution is 5.87. The van der Waals surface area contributed by atoms with Gasteiger partial charge in [-0.3, -0.25) is 4.79 Å². The number of allylic oxidation sites excluding steroid dienone is 1. The molecule has 106 valence electrons. The third-order valence-electron chi connectivity index (χ3n) is 3.02. The van der Waals surface area contributed by atoms with Crippen molar-refractivity contribution in [2.45, 2.75) is 32.8 Å². The molecule has 2 heterocycles. The van der Waals surface area contributed by atoms with Crippen molar-refractivity contribution < 1.29 is 9.53 Å². The van der Waals surface area contributed by atoms with E-state index in [9.17, 15) is 4.79 Å².